The summed E-state index contributed by atoms with van der Waals surface area (Å²) >= 11 is 1.20. The molecule has 1 aromatic rings. The van der Waals surface area contributed by atoms with Gasteiger partial charge in [-0.05, 0) is 24.3 Å². The Morgan fingerprint density at radius 3 is 2.26 bits per heavy atom. The summed E-state index contributed by atoms with van der Waals surface area (Å²) in [6.07, 6.45) is -4.80. The number of aliphatic hydroxyl groups is 4. The fraction of sp³-hybridized carbons (Fsp3) is 0.500. The summed E-state index contributed by atoms with van der Waals surface area (Å²) < 4.78 is 5.39. The molecule has 106 valence electrons. The second kappa shape index (κ2) is 6.08. The maximum atomic E-state index is 9.87. The molecule has 0 amide bonds. The van der Waals surface area contributed by atoms with Gasteiger partial charge in [-0.3, -0.25) is 0 Å². The van der Waals surface area contributed by atoms with Crippen LogP contribution in [0.15, 0.2) is 29.2 Å². The number of aliphatic hydroxyl groups excluding tert-OH is 4. The first-order valence-electron chi connectivity index (χ1n) is 5.85. The van der Waals surface area contributed by atoms with E-state index >= 15 is 0 Å². The van der Waals surface area contributed by atoms with E-state index in [2.05, 4.69) is 0 Å². The van der Waals surface area contributed by atoms with E-state index < -0.39 is 36.5 Å². The Balaban J connectivity index is 2.08. The van der Waals surface area contributed by atoms with Crippen LogP contribution in [0, 0.1) is 0 Å². The molecule has 0 radical (unpaired) electrons. The maximum absolute atomic E-state index is 9.87. The van der Waals surface area contributed by atoms with E-state index in [1.807, 2.05) is 0 Å². The largest absolute Gasteiger partial charge is 0.399 e. The van der Waals surface area contributed by atoms with Crippen LogP contribution in [0.4, 0.5) is 5.69 Å². The zero-order chi connectivity index (χ0) is 14.0. The fourth-order valence-corrected chi connectivity index (χ4v) is 2.91. The maximum Gasteiger partial charge on any atom is 0.136 e. The van der Waals surface area contributed by atoms with Crippen molar-refractivity contribution in [3.63, 3.8) is 0 Å². The smallest absolute Gasteiger partial charge is 0.136 e. The van der Waals surface area contributed by atoms with Crippen molar-refractivity contribution in [3.8, 4) is 0 Å². The molecule has 5 atom stereocenters. The van der Waals surface area contributed by atoms with Gasteiger partial charge in [0.05, 0.1) is 6.61 Å². The first-order valence-corrected chi connectivity index (χ1v) is 6.73. The highest BCUT2D eigenvalue weighted by Gasteiger charge is 2.43. The van der Waals surface area contributed by atoms with Gasteiger partial charge < -0.3 is 30.9 Å². The number of nitrogens with two attached hydrogens (primary N) is 1. The lowest BCUT2D eigenvalue weighted by Crippen LogP contribution is -2.57. The first-order chi connectivity index (χ1) is 9.02. The number of hydrogen-bond acceptors (Lipinski definition) is 7. The topological polar surface area (TPSA) is 116 Å². The number of benzene rings is 1. The van der Waals surface area contributed by atoms with Gasteiger partial charge in [-0.2, -0.15) is 0 Å². The van der Waals surface area contributed by atoms with Crippen LogP contribution in [-0.2, 0) is 4.74 Å². The summed E-state index contributed by atoms with van der Waals surface area (Å²) in [4.78, 5) is 0.804. The minimum atomic E-state index is -1.35. The third-order valence-electron chi connectivity index (χ3n) is 2.98. The van der Waals surface area contributed by atoms with Gasteiger partial charge in [0.15, 0.2) is 0 Å². The lowest BCUT2D eigenvalue weighted by molar-refractivity contribution is -0.205. The zero-order valence-electron chi connectivity index (χ0n) is 10.1. The van der Waals surface area contributed by atoms with Crippen molar-refractivity contribution in [1.82, 2.24) is 0 Å². The molecular weight excluding hydrogens is 270 g/mol. The van der Waals surface area contributed by atoms with E-state index in [9.17, 15) is 15.3 Å². The Morgan fingerprint density at radius 2 is 1.68 bits per heavy atom. The lowest BCUT2D eigenvalue weighted by atomic mass is 10.0. The predicted octanol–water partition coefficient (Wildman–Crippen LogP) is -0.839. The third-order valence-corrected chi connectivity index (χ3v) is 4.15. The molecule has 1 aliphatic heterocycles. The molecule has 19 heavy (non-hydrogen) atoms. The molecule has 2 rings (SSSR count). The summed E-state index contributed by atoms with van der Waals surface area (Å²) in [5.74, 6) is 0. The van der Waals surface area contributed by atoms with Gasteiger partial charge >= 0.3 is 0 Å². The van der Waals surface area contributed by atoms with Crippen molar-refractivity contribution in [2.45, 2.75) is 34.7 Å². The number of hydrogen-bond donors (Lipinski definition) is 5. The molecule has 6 N–H and O–H groups in total. The number of anilines is 1. The lowest BCUT2D eigenvalue weighted by Gasteiger charge is -2.39. The van der Waals surface area contributed by atoms with Crippen LogP contribution >= 0.6 is 11.8 Å². The average Bonchev–Trinajstić information content (AvgIpc) is 2.42. The zero-order valence-corrected chi connectivity index (χ0v) is 10.9. The van der Waals surface area contributed by atoms with Crippen LogP contribution in [0.2, 0.25) is 0 Å². The van der Waals surface area contributed by atoms with Crippen molar-refractivity contribution in [1.29, 1.82) is 0 Å². The van der Waals surface area contributed by atoms with Gasteiger partial charge in [-0.25, -0.2) is 0 Å². The Labute approximate surface area is 114 Å². The van der Waals surface area contributed by atoms with Crippen molar-refractivity contribution >= 4 is 17.4 Å². The molecule has 1 aliphatic rings. The highest BCUT2D eigenvalue weighted by atomic mass is 32.2. The van der Waals surface area contributed by atoms with Gasteiger partial charge in [-0.1, -0.05) is 11.8 Å². The number of rotatable bonds is 3. The highest BCUT2D eigenvalue weighted by molar-refractivity contribution is 7.99. The van der Waals surface area contributed by atoms with Gasteiger partial charge in [0.1, 0.15) is 29.9 Å². The molecule has 0 aliphatic carbocycles. The minimum Gasteiger partial charge on any atom is -0.399 e. The molecule has 0 unspecified atom stereocenters. The van der Waals surface area contributed by atoms with E-state index in [4.69, 9.17) is 15.6 Å². The third kappa shape index (κ3) is 3.19. The monoisotopic (exact) mass is 287 g/mol. The first kappa shape index (κ1) is 14.6. The molecule has 1 heterocycles. The van der Waals surface area contributed by atoms with Gasteiger partial charge in [0.2, 0.25) is 0 Å². The van der Waals surface area contributed by atoms with Crippen LogP contribution in [0.25, 0.3) is 0 Å². The van der Waals surface area contributed by atoms with Crippen molar-refractivity contribution < 1.29 is 25.2 Å². The molecule has 0 spiro atoms. The predicted molar refractivity (Wildman–Crippen MR) is 70.5 cm³/mol. The molecular formula is C12H17NO5S. The molecule has 1 aromatic carbocycles. The number of ether oxygens (including phenoxy) is 1. The number of thioether (sulfide) groups is 1. The second-order valence-electron chi connectivity index (χ2n) is 4.38. The Bertz CT molecular complexity index is 413. The molecule has 0 aromatic heterocycles. The Kier molecular flexibility index (Phi) is 4.67. The standard InChI is InChI=1S/C12H17NO5S/c13-6-1-3-7(4-2-6)19-12-11(17)10(16)9(15)8(5-14)18-12/h1-4,8-12,14-17H,5,13H2/t8-,9+,10+,11-,12+/m1/s1. The average molecular weight is 287 g/mol. The summed E-state index contributed by atoms with van der Waals surface area (Å²) in [5, 5.41) is 38.3. The quantitative estimate of drug-likeness (QED) is 0.460. The van der Waals surface area contributed by atoms with E-state index in [0.29, 0.717) is 5.69 Å². The second-order valence-corrected chi connectivity index (χ2v) is 5.56. The molecule has 1 fully saturated rings. The van der Waals surface area contributed by atoms with Crippen molar-refractivity contribution in [3.05, 3.63) is 24.3 Å². The Morgan fingerprint density at radius 1 is 1.05 bits per heavy atom. The van der Waals surface area contributed by atoms with Crippen LogP contribution < -0.4 is 5.73 Å². The van der Waals surface area contributed by atoms with Crippen molar-refractivity contribution in [2.24, 2.45) is 0 Å². The van der Waals surface area contributed by atoms with Crippen molar-refractivity contribution in [2.75, 3.05) is 12.3 Å². The Hall–Kier alpha value is -0.830. The fourth-order valence-electron chi connectivity index (χ4n) is 1.85. The molecule has 0 saturated carbocycles. The van der Waals surface area contributed by atoms with Crippen LogP contribution in [0.1, 0.15) is 0 Å². The SMILES string of the molecule is Nc1ccc(S[C@@H]2O[C@H](CO)[C@H](O)[C@H](O)[C@H]2O)cc1. The van der Waals surface area contributed by atoms with Gasteiger partial charge in [0, 0.05) is 10.6 Å². The van der Waals surface area contributed by atoms with Crippen LogP contribution in [0.3, 0.4) is 0 Å². The molecule has 7 heteroatoms. The van der Waals surface area contributed by atoms with Crippen LogP contribution in [-0.4, -0.2) is 56.9 Å². The molecule has 1 saturated heterocycles. The van der Waals surface area contributed by atoms with Gasteiger partial charge in [0.25, 0.3) is 0 Å². The van der Waals surface area contributed by atoms with E-state index in [-0.39, 0.29) is 0 Å². The highest BCUT2D eigenvalue weighted by Crippen LogP contribution is 2.33. The van der Waals surface area contributed by atoms with Gasteiger partial charge in [-0.15, -0.1) is 0 Å². The summed E-state index contributed by atoms with van der Waals surface area (Å²) in [5.41, 5.74) is 5.43. The van der Waals surface area contributed by atoms with E-state index in [1.165, 1.54) is 11.8 Å². The van der Waals surface area contributed by atoms with E-state index in [0.717, 1.165) is 4.90 Å². The minimum absolute atomic E-state index is 0.427. The molecule has 6 nitrogen and oxygen atoms in total. The molecule has 0 bridgehead atoms. The summed E-state index contributed by atoms with van der Waals surface area (Å²) in [6.45, 7) is -0.427. The normalized spacial score (nSPS) is 35.3. The summed E-state index contributed by atoms with van der Waals surface area (Å²) in [6, 6.07) is 6.96. The van der Waals surface area contributed by atoms with E-state index in [1.54, 1.807) is 24.3 Å². The summed E-state index contributed by atoms with van der Waals surface area (Å²) in [7, 11) is 0. The number of nitrogen functional groups attached to an aromatic ring is 1. The van der Waals surface area contributed by atoms with Crippen LogP contribution in [0.5, 0.6) is 0 Å².